The first-order valence-corrected chi connectivity index (χ1v) is 10.4. The molecule has 1 aliphatic heterocycles. The fourth-order valence-corrected chi connectivity index (χ4v) is 4.77. The number of rotatable bonds is 4. The summed E-state index contributed by atoms with van der Waals surface area (Å²) < 4.78 is 6.68. The van der Waals surface area contributed by atoms with Crippen molar-refractivity contribution in [2.45, 2.75) is 25.7 Å². The first-order chi connectivity index (χ1) is 13.1. The molecule has 27 heavy (non-hydrogen) atoms. The van der Waals surface area contributed by atoms with E-state index in [2.05, 4.69) is 0 Å². The van der Waals surface area contributed by atoms with Crippen LogP contribution in [0.3, 0.4) is 0 Å². The third-order valence-corrected chi connectivity index (χ3v) is 6.32. The zero-order chi connectivity index (χ0) is 18.8. The molecule has 6 heteroatoms. The maximum absolute atomic E-state index is 12.8. The van der Waals surface area contributed by atoms with Crippen LogP contribution in [0.4, 0.5) is 0 Å². The van der Waals surface area contributed by atoms with Gasteiger partial charge in [-0.25, -0.2) is 4.98 Å². The smallest absolute Gasteiger partial charge is 0.253 e. The zero-order valence-electron chi connectivity index (χ0n) is 15.2. The molecule has 2 heterocycles. The van der Waals surface area contributed by atoms with Crippen molar-refractivity contribution in [3.05, 3.63) is 58.1 Å². The second-order valence-corrected chi connectivity index (χ2v) is 8.19. The Hall–Kier alpha value is -2.11. The summed E-state index contributed by atoms with van der Waals surface area (Å²) in [5.74, 6) is 1.22. The van der Waals surface area contributed by atoms with Gasteiger partial charge in [0.1, 0.15) is 5.75 Å². The largest absolute Gasteiger partial charge is 0.494 e. The van der Waals surface area contributed by atoms with Crippen LogP contribution in [0.5, 0.6) is 5.75 Å². The molecule has 140 valence electrons. The molecule has 0 radical (unpaired) electrons. The lowest BCUT2D eigenvalue weighted by Crippen LogP contribution is -2.37. The molecule has 4 nitrogen and oxygen atoms in total. The third-order valence-electron chi connectivity index (χ3n) is 4.89. The number of amides is 1. The molecule has 0 N–H and O–H groups in total. The number of piperidine rings is 1. The molecule has 1 amide bonds. The summed E-state index contributed by atoms with van der Waals surface area (Å²) in [5.41, 5.74) is 1.66. The predicted octanol–water partition coefficient (Wildman–Crippen LogP) is 5.37. The van der Waals surface area contributed by atoms with E-state index in [1.807, 2.05) is 54.3 Å². The summed E-state index contributed by atoms with van der Waals surface area (Å²) in [5, 5.41) is 1.87. The van der Waals surface area contributed by atoms with Crippen LogP contribution in [-0.4, -0.2) is 35.5 Å². The standard InChI is InChI=1S/C21H21ClN2O2S/c1-2-26-17-5-3-4-15(12-17)21(25)24-10-8-14(9-11-24)20-23-18-13-16(22)6-7-19(18)27-20/h3-7,12-14H,2,8-11H2,1H3. The topological polar surface area (TPSA) is 42.4 Å². The molecule has 0 unspecified atom stereocenters. The minimum atomic E-state index is 0.0751. The fourth-order valence-electron chi connectivity index (χ4n) is 3.49. The molecule has 0 aliphatic carbocycles. The molecule has 1 saturated heterocycles. The van der Waals surface area contributed by atoms with Crippen LogP contribution >= 0.6 is 22.9 Å². The summed E-state index contributed by atoms with van der Waals surface area (Å²) in [4.78, 5) is 19.5. The molecule has 3 aromatic rings. The van der Waals surface area contributed by atoms with Crippen molar-refractivity contribution in [1.29, 1.82) is 0 Å². The number of likely N-dealkylation sites (tertiary alicyclic amines) is 1. The monoisotopic (exact) mass is 400 g/mol. The van der Waals surface area contributed by atoms with Gasteiger partial charge in [0.25, 0.3) is 5.91 Å². The Labute approximate surface area is 167 Å². The Morgan fingerprint density at radius 1 is 1.26 bits per heavy atom. The van der Waals surface area contributed by atoms with Crippen LogP contribution in [-0.2, 0) is 0 Å². The number of fused-ring (bicyclic) bond motifs is 1. The summed E-state index contributed by atoms with van der Waals surface area (Å²) in [7, 11) is 0. The number of ether oxygens (including phenoxy) is 1. The van der Waals surface area contributed by atoms with Crippen LogP contribution in [0.1, 0.15) is 41.0 Å². The van der Waals surface area contributed by atoms with E-state index in [-0.39, 0.29) is 5.91 Å². The number of nitrogens with zero attached hydrogens (tertiary/aromatic N) is 2. The number of benzene rings is 2. The van der Waals surface area contributed by atoms with E-state index in [1.54, 1.807) is 11.3 Å². The normalized spacial score (nSPS) is 15.3. The number of hydrogen-bond acceptors (Lipinski definition) is 4. The lowest BCUT2D eigenvalue weighted by Gasteiger charge is -2.31. The Morgan fingerprint density at radius 2 is 2.07 bits per heavy atom. The minimum absolute atomic E-state index is 0.0751. The summed E-state index contributed by atoms with van der Waals surface area (Å²) >= 11 is 7.80. The lowest BCUT2D eigenvalue weighted by molar-refractivity contribution is 0.0712. The van der Waals surface area contributed by atoms with Crippen molar-refractivity contribution in [3.8, 4) is 5.75 Å². The fraction of sp³-hybridized carbons (Fsp3) is 0.333. The van der Waals surface area contributed by atoms with E-state index in [1.165, 1.54) is 4.70 Å². The van der Waals surface area contributed by atoms with E-state index < -0.39 is 0 Å². The SMILES string of the molecule is CCOc1cccc(C(=O)N2CCC(c3nc4cc(Cl)ccc4s3)CC2)c1. The van der Waals surface area contributed by atoms with Gasteiger partial charge in [0, 0.05) is 29.6 Å². The van der Waals surface area contributed by atoms with Gasteiger partial charge < -0.3 is 9.64 Å². The number of hydrogen-bond donors (Lipinski definition) is 0. The average Bonchev–Trinajstić information content (AvgIpc) is 3.11. The zero-order valence-corrected chi connectivity index (χ0v) is 16.7. The molecule has 4 rings (SSSR count). The Kier molecular flexibility index (Phi) is 5.32. The first-order valence-electron chi connectivity index (χ1n) is 9.22. The van der Waals surface area contributed by atoms with Gasteiger partial charge in [0.05, 0.1) is 21.8 Å². The van der Waals surface area contributed by atoms with Crippen molar-refractivity contribution >= 4 is 39.1 Å². The molecule has 0 spiro atoms. The molecule has 0 saturated carbocycles. The highest BCUT2D eigenvalue weighted by Gasteiger charge is 2.26. The van der Waals surface area contributed by atoms with Gasteiger partial charge in [-0.3, -0.25) is 4.79 Å². The molecular formula is C21H21ClN2O2S. The van der Waals surface area contributed by atoms with Crippen LogP contribution < -0.4 is 4.74 Å². The molecule has 2 aromatic carbocycles. The van der Waals surface area contributed by atoms with E-state index in [9.17, 15) is 4.79 Å². The quantitative estimate of drug-likeness (QED) is 0.591. The number of carbonyl (C=O) groups excluding carboxylic acids is 1. The summed E-state index contributed by atoms with van der Waals surface area (Å²) in [6.45, 7) is 4.03. The van der Waals surface area contributed by atoms with Crippen molar-refractivity contribution in [3.63, 3.8) is 0 Å². The average molecular weight is 401 g/mol. The van der Waals surface area contributed by atoms with Gasteiger partial charge in [-0.1, -0.05) is 17.7 Å². The molecular weight excluding hydrogens is 380 g/mol. The number of carbonyl (C=O) groups is 1. The number of thiazole rings is 1. The van der Waals surface area contributed by atoms with Crippen molar-refractivity contribution < 1.29 is 9.53 Å². The minimum Gasteiger partial charge on any atom is -0.494 e. The summed E-state index contributed by atoms with van der Waals surface area (Å²) in [6.07, 6.45) is 1.87. The number of aromatic nitrogens is 1. The molecule has 0 atom stereocenters. The van der Waals surface area contributed by atoms with Crippen molar-refractivity contribution in [2.75, 3.05) is 19.7 Å². The Morgan fingerprint density at radius 3 is 2.85 bits per heavy atom. The van der Waals surface area contributed by atoms with Gasteiger partial charge in [0.15, 0.2) is 0 Å². The van der Waals surface area contributed by atoms with Crippen LogP contribution in [0.2, 0.25) is 5.02 Å². The summed E-state index contributed by atoms with van der Waals surface area (Å²) in [6, 6.07) is 13.3. The Balaban J connectivity index is 1.43. The van der Waals surface area contributed by atoms with Crippen LogP contribution in [0.15, 0.2) is 42.5 Å². The molecule has 0 bridgehead atoms. The third kappa shape index (κ3) is 3.94. The van der Waals surface area contributed by atoms with Crippen LogP contribution in [0.25, 0.3) is 10.2 Å². The maximum Gasteiger partial charge on any atom is 0.253 e. The van der Waals surface area contributed by atoms with Crippen LogP contribution in [0, 0.1) is 0 Å². The van der Waals surface area contributed by atoms with Gasteiger partial charge in [-0.2, -0.15) is 0 Å². The second kappa shape index (κ2) is 7.87. The van der Waals surface area contributed by atoms with Gasteiger partial charge in [-0.15, -0.1) is 11.3 Å². The lowest BCUT2D eigenvalue weighted by atomic mass is 9.97. The van der Waals surface area contributed by atoms with Gasteiger partial charge >= 0.3 is 0 Å². The van der Waals surface area contributed by atoms with E-state index >= 15 is 0 Å². The maximum atomic E-state index is 12.8. The van der Waals surface area contributed by atoms with E-state index in [4.69, 9.17) is 21.3 Å². The molecule has 1 aromatic heterocycles. The predicted molar refractivity (Wildman–Crippen MR) is 110 cm³/mol. The van der Waals surface area contributed by atoms with E-state index in [0.29, 0.717) is 23.1 Å². The second-order valence-electron chi connectivity index (χ2n) is 6.69. The molecule has 1 fully saturated rings. The van der Waals surface area contributed by atoms with Gasteiger partial charge in [-0.05, 0) is 56.2 Å². The van der Waals surface area contributed by atoms with Gasteiger partial charge in [0.2, 0.25) is 0 Å². The van der Waals surface area contributed by atoms with Crippen molar-refractivity contribution in [1.82, 2.24) is 9.88 Å². The Bertz CT molecular complexity index is 964. The highest BCUT2D eigenvalue weighted by atomic mass is 35.5. The molecule has 1 aliphatic rings. The number of halogens is 1. The van der Waals surface area contributed by atoms with E-state index in [0.717, 1.165) is 42.2 Å². The highest BCUT2D eigenvalue weighted by molar-refractivity contribution is 7.18. The first kappa shape index (κ1) is 18.3. The van der Waals surface area contributed by atoms with Crippen molar-refractivity contribution in [2.24, 2.45) is 0 Å². The highest BCUT2D eigenvalue weighted by Crippen LogP contribution is 2.35.